The van der Waals surface area contributed by atoms with Gasteiger partial charge < -0.3 is 5.41 Å². The van der Waals surface area contributed by atoms with E-state index in [1.54, 1.807) is 0 Å². The van der Waals surface area contributed by atoms with E-state index in [2.05, 4.69) is 6.58 Å². The Morgan fingerprint density at radius 2 is 2.08 bits per heavy atom. The molecular weight excluding hydrogens is 146 g/mol. The Kier molecular flexibility index (Phi) is 5.02. The van der Waals surface area contributed by atoms with Crippen molar-refractivity contribution in [3.8, 4) is 0 Å². The van der Waals surface area contributed by atoms with Crippen LogP contribution in [0.3, 0.4) is 0 Å². The molecule has 0 radical (unpaired) electrons. The van der Waals surface area contributed by atoms with Gasteiger partial charge in [0.25, 0.3) is 0 Å². The zero-order valence-corrected chi connectivity index (χ0v) is 8.15. The Balaban J connectivity index is 4.66. The van der Waals surface area contributed by atoms with E-state index in [9.17, 15) is 0 Å². The third-order valence-corrected chi connectivity index (χ3v) is 1.59. The lowest BCUT2D eigenvalue weighted by Crippen LogP contribution is -1.99. The van der Waals surface area contributed by atoms with Crippen molar-refractivity contribution < 1.29 is 0 Å². The van der Waals surface area contributed by atoms with Crippen molar-refractivity contribution >= 4 is 5.71 Å². The van der Waals surface area contributed by atoms with Crippen LogP contribution in [0, 0.1) is 5.41 Å². The average molecular weight is 163 g/mol. The molecule has 0 unspecified atom stereocenters. The molecule has 0 aromatic heterocycles. The fourth-order valence-corrected chi connectivity index (χ4v) is 0.883. The summed E-state index contributed by atoms with van der Waals surface area (Å²) in [7, 11) is 0. The van der Waals surface area contributed by atoms with Crippen LogP contribution in [-0.4, -0.2) is 5.71 Å². The normalized spacial score (nSPS) is 12.1. The van der Waals surface area contributed by atoms with Crippen molar-refractivity contribution in [1.29, 1.82) is 5.41 Å². The molecule has 0 aromatic rings. The van der Waals surface area contributed by atoms with Gasteiger partial charge in [0.05, 0.1) is 0 Å². The minimum absolute atomic E-state index is 0.653. The molecule has 0 aliphatic carbocycles. The maximum absolute atomic E-state index is 7.64. The van der Waals surface area contributed by atoms with Gasteiger partial charge in [0.15, 0.2) is 0 Å². The van der Waals surface area contributed by atoms with Crippen molar-refractivity contribution in [2.45, 2.75) is 27.2 Å². The highest BCUT2D eigenvalue weighted by Crippen LogP contribution is 2.10. The first-order valence-corrected chi connectivity index (χ1v) is 4.20. The maximum atomic E-state index is 7.64. The topological polar surface area (TPSA) is 23.9 Å². The molecule has 0 atom stereocenters. The molecule has 1 nitrogen and oxygen atoms in total. The molecule has 1 N–H and O–H groups in total. The van der Waals surface area contributed by atoms with Gasteiger partial charge in [-0.25, -0.2) is 0 Å². The second-order valence-electron chi connectivity index (χ2n) is 2.72. The lowest BCUT2D eigenvalue weighted by Gasteiger charge is -2.04. The molecule has 0 aliphatic rings. The van der Waals surface area contributed by atoms with Gasteiger partial charge in [-0.1, -0.05) is 31.7 Å². The van der Waals surface area contributed by atoms with Crippen LogP contribution in [0.25, 0.3) is 0 Å². The highest BCUT2D eigenvalue weighted by molar-refractivity contribution is 6.01. The minimum atomic E-state index is 0.653. The first-order chi connectivity index (χ1) is 5.63. The standard InChI is InChI=1S/C11H17N/c1-5-7-8-10(9(3)4)11(12)6-2/h5,7-8,12H,3,6H2,1-2,4H3/b7-5-,10-8-,12-11?. The van der Waals surface area contributed by atoms with Gasteiger partial charge in [-0.15, -0.1) is 0 Å². The van der Waals surface area contributed by atoms with Crippen molar-refractivity contribution in [1.82, 2.24) is 0 Å². The van der Waals surface area contributed by atoms with E-state index < -0.39 is 0 Å². The van der Waals surface area contributed by atoms with Gasteiger partial charge in [-0.3, -0.25) is 0 Å². The van der Waals surface area contributed by atoms with Crippen LogP contribution in [0.4, 0.5) is 0 Å². The van der Waals surface area contributed by atoms with Crippen LogP contribution in [0.15, 0.2) is 36.0 Å². The molecule has 1 heteroatoms. The molecule has 0 saturated carbocycles. The predicted octanol–water partition coefficient (Wildman–Crippen LogP) is 3.49. The molecule has 0 fully saturated rings. The molecule has 66 valence electrons. The van der Waals surface area contributed by atoms with Crippen molar-refractivity contribution in [3.05, 3.63) is 36.0 Å². The van der Waals surface area contributed by atoms with E-state index in [0.29, 0.717) is 5.71 Å². The summed E-state index contributed by atoms with van der Waals surface area (Å²) in [5.41, 5.74) is 2.57. The van der Waals surface area contributed by atoms with Crippen molar-refractivity contribution in [2.24, 2.45) is 0 Å². The van der Waals surface area contributed by atoms with Crippen molar-refractivity contribution in [3.63, 3.8) is 0 Å². The Hall–Kier alpha value is -1.11. The van der Waals surface area contributed by atoms with Crippen LogP contribution in [0.1, 0.15) is 27.2 Å². The van der Waals surface area contributed by atoms with E-state index >= 15 is 0 Å². The molecule has 12 heavy (non-hydrogen) atoms. The van der Waals surface area contributed by atoms with Gasteiger partial charge >= 0.3 is 0 Å². The first-order valence-electron chi connectivity index (χ1n) is 4.20. The van der Waals surface area contributed by atoms with E-state index in [1.165, 1.54) is 0 Å². The van der Waals surface area contributed by atoms with E-state index in [1.807, 2.05) is 39.0 Å². The van der Waals surface area contributed by atoms with Crippen LogP contribution < -0.4 is 0 Å². The lowest BCUT2D eigenvalue weighted by molar-refractivity contribution is 1.23. The fraction of sp³-hybridized carbons (Fsp3) is 0.364. The largest absolute Gasteiger partial charge is 0.305 e. The highest BCUT2D eigenvalue weighted by atomic mass is 14.4. The molecule has 0 bridgehead atoms. The molecule has 0 aliphatic heterocycles. The number of hydrogen-bond acceptors (Lipinski definition) is 1. The second kappa shape index (κ2) is 5.53. The monoisotopic (exact) mass is 163 g/mol. The third-order valence-electron chi connectivity index (χ3n) is 1.59. The lowest BCUT2D eigenvalue weighted by atomic mass is 10.0. The molecular formula is C11H17N. The van der Waals surface area contributed by atoms with Gasteiger partial charge in [-0.05, 0) is 31.4 Å². The van der Waals surface area contributed by atoms with Crippen LogP contribution in [0.5, 0.6) is 0 Å². The summed E-state index contributed by atoms with van der Waals surface area (Å²) in [6.45, 7) is 9.71. The first kappa shape index (κ1) is 10.9. The molecule has 0 spiro atoms. The molecule has 0 saturated heterocycles. The number of allylic oxidation sites excluding steroid dienone is 5. The quantitative estimate of drug-likeness (QED) is 0.484. The van der Waals surface area contributed by atoms with E-state index in [0.717, 1.165) is 17.6 Å². The molecule has 0 rings (SSSR count). The molecule has 0 heterocycles. The zero-order chi connectivity index (χ0) is 9.56. The number of rotatable bonds is 4. The van der Waals surface area contributed by atoms with Crippen LogP contribution >= 0.6 is 0 Å². The van der Waals surface area contributed by atoms with Crippen LogP contribution in [-0.2, 0) is 0 Å². The van der Waals surface area contributed by atoms with E-state index in [-0.39, 0.29) is 0 Å². The van der Waals surface area contributed by atoms with E-state index in [4.69, 9.17) is 5.41 Å². The molecule has 0 aromatic carbocycles. The van der Waals surface area contributed by atoms with Crippen LogP contribution in [0.2, 0.25) is 0 Å². The minimum Gasteiger partial charge on any atom is -0.305 e. The smallest absolute Gasteiger partial charge is 0.0385 e. The van der Waals surface area contributed by atoms with Gasteiger partial charge in [0, 0.05) is 5.71 Å². The maximum Gasteiger partial charge on any atom is 0.0385 e. The van der Waals surface area contributed by atoms with Crippen molar-refractivity contribution in [2.75, 3.05) is 0 Å². The Labute approximate surface area is 75.0 Å². The number of nitrogens with one attached hydrogen (secondary N) is 1. The Morgan fingerprint density at radius 3 is 2.42 bits per heavy atom. The SMILES string of the molecule is C=C(C)/C(=C/C=C\C)C(=N)CC. The summed E-state index contributed by atoms with van der Waals surface area (Å²) in [5.74, 6) is 0. The summed E-state index contributed by atoms with van der Waals surface area (Å²) in [6, 6.07) is 0. The van der Waals surface area contributed by atoms with Gasteiger partial charge in [0.1, 0.15) is 0 Å². The summed E-state index contributed by atoms with van der Waals surface area (Å²) < 4.78 is 0. The summed E-state index contributed by atoms with van der Waals surface area (Å²) in [4.78, 5) is 0. The summed E-state index contributed by atoms with van der Waals surface area (Å²) in [5, 5.41) is 7.64. The van der Waals surface area contributed by atoms with Gasteiger partial charge in [0.2, 0.25) is 0 Å². The Morgan fingerprint density at radius 1 is 1.50 bits per heavy atom. The Bertz CT molecular complexity index is 231. The van der Waals surface area contributed by atoms with Gasteiger partial charge in [-0.2, -0.15) is 0 Å². The second-order valence-corrected chi connectivity index (χ2v) is 2.72. The summed E-state index contributed by atoms with van der Waals surface area (Å²) in [6.07, 6.45) is 6.59. The average Bonchev–Trinajstić information content (AvgIpc) is 2.04. The molecule has 0 amide bonds. The third kappa shape index (κ3) is 3.33. The predicted molar refractivity (Wildman–Crippen MR) is 55.7 cm³/mol. The summed E-state index contributed by atoms with van der Waals surface area (Å²) >= 11 is 0. The highest BCUT2D eigenvalue weighted by Gasteiger charge is 2.01. The fourth-order valence-electron chi connectivity index (χ4n) is 0.883. The number of hydrogen-bond donors (Lipinski definition) is 1. The zero-order valence-electron chi connectivity index (χ0n) is 8.15.